The Kier molecular flexibility index (Phi) is 6.48. The fraction of sp³-hybridized carbons (Fsp3) is 0.276. The molecule has 0 unspecified atom stereocenters. The summed E-state index contributed by atoms with van der Waals surface area (Å²) in [7, 11) is 2.74. The van der Waals surface area contributed by atoms with Crippen molar-refractivity contribution in [3.63, 3.8) is 0 Å². The largest absolute Gasteiger partial charge is 0.496 e. The third kappa shape index (κ3) is 3.79. The second-order valence-corrected chi connectivity index (χ2v) is 11.0. The van der Waals surface area contributed by atoms with Crippen LogP contribution in [0.3, 0.4) is 0 Å². The van der Waals surface area contributed by atoms with E-state index in [1.807, 2.05) is 6.07 Å². The molecular weight excluding hydrogens is 558 g/mol. The molecule has 206 valence electrons. The minimum Gasteiger partial charge on any atom is -0.496 e. The highest BCUT2D eigenvalue weighted by atomic mass is 35.5. The number of ether oxygens (including phenoxy) is 2. The Morgan fingerprint density at radius 1 is 1.18 bits per heavy atom. The first-order chi connectivity index (χ1) is 19.2. The van der Waals surface area contributed by atoms with Gasteiger partial charge in [-0.2, -0.15) is 5.10 Å². The molecule has 8 nitrogen and oxygen atoms in total. The zero-order valence-corrected chi connectivity index (χ0v) is 23.1. The molecule has 1 spiro atoms. The van der Waals surface area contributed by atoms with Gasteiger partial charge in [0.2, 0.25) is 5.91 Å². The van der Waals surface area contributed by atoms with Crippen LogP contribution >= 0.6 is 23.2 Å². The minimum atomic E-state index is -1.22. The van der Waals surface area contributed by atoms with Gasteiger partial charge >= 0.3 is 5.97 Å². The summed E-state index contributed by atoms with van der Waals surface area (Å²) in [4.78, 5) is 26.1. The van der Waals surface area contributed by atoms with Gasteiger partial charge in [0.15, 0.2) is 0 Å². The van der Waals surface area contributed by atoms with Crippen molar-refractivity contribution in [2.24, 2.45) is 16.9 Å². The summed E-state index contributed by atoms with van der Waals surface area (Å²) in [5.74, 6) is 3.88. The summed E-state index contributed by atoms with van der Waals surface area (Å²) >= 11 is 12.5. The van der Waals surface area contributed by atoms with Gasteiger partial charge in [0, 0.05) is 33.8 Å². The first-order valence-electron chi connectivity index (χ1n) is 12.6. The van der Waals surface area contributed by atoms with Crippen molar-refractivity contribution >= 4 is 46.5 Å². The summed E-state index contributed by atoms with van der Waals surface area (Å²) in [6.45, 7) is 0. The Labute approximate surface area is 239 Å². The number of rotatable bonds is 3. The van der Waals surface area contributed by atoms with Gasteiger partial charge in [0.25, 0.3) is 0 Å². The second-order valence-electron chi connectivity index (χ2n) is 10.2. The van der Waals surface area contributed by atoms with Crippen LogP contribution in [0.2, 0.25) is 10.0 Å². The van der Waals surface area contributed by atoms with E-state index >= 15 is 4.39 Å². The number of carbonyl (C=O) groups excluding carboxylic acids is 2. The zero-order chi connectivity index (χ0) is 28.3. The van der Waals surface area contributed by atoms with Gasteiger partial charge in [-0.3, -0.25) is 10.1 Å². The fourth-order valence-corrected chi connectivity index (χ4v) is 7.09. The second kappa shape index (κ2) is 9.76. The Morgan fingerprint density at radius 2 is 1.98 bits per heavy atom. The molecule has 4 N–H and O–H groups in total. The van der Waals surface area contributed by atoms with Crippen LogP contribution in [0.4, 0.5) is 10.1 Å². The number of nitrogens with two attached hydrogens (primary N) is 1. The van der Waals surface area contributed by atoms with Crippen LogP contribution in [0, 0.1) is 11.7 Å². The number of hydrogen-bond acceptors (Lipinski definition) is 7. The maximum atomic E-state index is 15.7. The molecule has 0 aromatic heterocycles. The topological polar surface area (TPSA) is 115 Å². The van der Waals surface area contributed by atoms with Gasteiger partial charge in [0.1, 0.15) is 22.7 Å². The normalized spacial score (nSPS) is 29.7. The van der Waals surface area contributed by atoms with Crippen LogP contribution < -0.4 is 16.5 Å². The number of nitrogens with zero attached hydrogens (tertiary/aromatic N) is 1. The first-order valence-corrected chi connectivity index (χ1v) is 13.4. The van der Waals surface area contributed by atoms with Crippen LogP contribution in [0.1, 0.15) is 29.9 Å². The first kappa shape index (κ1) is 26.6. The number of esters is 1. The Balaban J connectivity index is 1.48. The number of carbonyl (C=O) groups is 2. The number of fused-ring (bicyclic) bond motifs is 3. The lowest BCUT2D eigenvalue weighted by atomic mass is 9.71. The highest BCUT2D eigenvalue weighted by Crippen LogP contribution is 2.59. The molecule has 0 bridgehead atoms. The summed E-state index contributed by atoms with van der Waals surface area (Å²) in [6, 6.07) is 9.92. The number of nitrogens with one attached hydrogen (secondary N) is 2. The molecule has 2 aliphatic carbocycles. The van der Waals surface area contributed by atoms with E-state index in [-0.39, 0.29) is 28.5 Å². The minimum absolute atomic E-state index is 0.0135. The maximum Gasteiger partial charge on any atom is 0.341 e. The number of amides is 1. The monoisotopic (exact) mass is 582 g/mol. The molecule has 1 saturated carbocycles. The lowest BCUT2D eigenvalue weighted by Gasteiger charge is -2.33. The SMILES string of the molecule is COC(=O)C1=CC(=N/N)/C(=C2\C[C@@H]3[C@H](C2)N[C@@]2(C(=O)Nc4cc(Cl)ccc42)[C@H]3c2cccc(Cl)c2F)C=C1OC. The molecule has 2 heterocycles. The molecular formula is C29H25Cl2FN4O4. The number of hydrogen-bond donors (Lipinski definition) is 3. The van der Waals surface area contributed by atoms with E-state index in [4.69, 9.17) is 38.5 Å². The number of halogens is 3. The van der Waals surface area contributed by atoms with Crippen LogP contribution in [0.25, 0.3) is 0 Å². The number of benzene rings is 2. The van der Waals surface area contributed by atoms with Crippen molar-refractivity contribution in [2.45, 2.75) is 30.3 Å². The highest BCUT2D eigenvalue weighted by molar-refractivity contribution is 6.31. The van der Waals surface area contributed by atoms with Crippen LogP contribution in [0.15, 0.2) is 76.1 Å². The standard InChI is InChI=1S/C29H25Cl2FN4O4/c1-39-24-12-16(22(36-33)11-18(24)27(37)40-2)13-8-17-21(9-13)35-29(25(17)15-4-3-5-20(31)26(15)32)19-7-6-14(30)10-23(19)34-28(29)38/h3-7,10-12,17,21,25,35H,8-9,33H2,1-2H3,(H,34,38)/b16-13+,36-22-/t17-,21+,25+,29-/m1/s1. The maximum absolute atomic E-state index is 15.7. The van der Waals surface area contributed by atoms with Crippen molar-refractivity contribution in [2.75, 3.05) is 19.5 Å². The predicted molar refractivity (Wildman–Crippen MR) is 149 cm³/mol. The quantitative estimate of drug-likeness (QED) is 0.274. The molecule has 4 aliphatic rings. The van der Waals surface area contributed by atoms with E-state index in [1.165, 1.54) is 26.4 Å². The molecule has 2 aromatic rings. The number of allylic oxidation sites excluding steroid dienone is 3. The van der Waals surface area contributed by atoms with Crippen LogP contribution in [0.5, 0.6) is 0 Å². The van der Waals surface area contributed by atoms with E-state index in [2.05, 4.69) is 15.7 Å². The van der Waals surface area contributed by atoms with E-state index in [0.29, 0.717) is 51.7 Å². The van der Waals surface area contributed by atoms with Crippen LogP contribution in [-0.4, -0.2) is 37.8 Å². The highest BCUT2D eigenvalue weighted by Gasteiger charge is 2.64. The predicted octanol–water partition coefficient (Wildman–Crippen LogP) is 4.70. The average Bonchev–Trinajstić information content (AvgIpc) is 3.58. The van der Waals surface area contributed by atoms with Gasteiger partial charge in [-0.05, 0) is 54.7 Å². The van der Waals surface area contributed by atoms with Gasteiger partial charge < -0.3 is 20.6 Å². The van der Waals surface area contributed by atoms with Crippen molar-refractivity contribution in [1.29, 1.82) is 0 Å². The van der Waals surface area contributed by atoms with Crippen LogP contribution in [-0.2, 0) is 24.6 Å². The van der Waals surface area contributed by atoms with Crippen molar-refractivity contribution < 1.29 is 23.5 Å². The summed E-state index contributed by atoms with van der Waals surface area (Å²) in [6.07, 6.45) is 4.30. The summed E-state index contributed by atoms with van der Waals surface area (Å²) in [5, 5.41) is 11.0. The van der Waals surface area contributed by atoms with Gasteiger partial charge in [-0.15, -0.1) is 0 Å². The number of anilines is 1. The lowest BCUT2D eigenvalue weighted by Crippen LogP contribution is -2.49. The van der Waals surface area contributed by atoms with E-state index in [0.717, 1.165) is 5.57 Å². The van der Waals surface area contributed by atoms with E-state index in [9.17, 15) is 9.59 Å². The molecule has 4 atom stereocenters. The van der Waals surface area contributed by atoms with Crippen molar-refractivity contribution in [1.82, 2.24) is 5.32 Å². The summed E-state index contributed by atoms with van der Waals surface area (Å²) < 4.78 is 26.1. The third-order valence-corrected chi connectivity index (χ3v) is 8.87. The van der Waals surface area contributed by atoms with Gasteiger partial charge in [-0.1, -0.05) is 47.0 Å². The zero-order valence-electron chi connectivity index (χ0n) is 21.6. The van der Waals surface area contributed by atoms with E-state index < -0.39 is 23.2 Å². The summed E-state index contributed by atoms with van der Waals surface area (Å²) in [5.41, 5.74) is 2.73. The number of methoxy groups -OCH3 is 2. The number of hydrazone groups is 1. The van der Waals surface area contributed by atoms with E-state index in [1.54, 1.807) is 30.3 Å². The van der Waals surface area contributed by atoms with Gasteiger partial charge in [0.05, 0.1) is 25.0 Å². The molecule has 40 heavy (non-hydrogen) atoms. The Hall–Kier alpha value is -3.66. The average molecular weight is 583 g/mol. The smallest absolute Gasteiger partial charge is 0.341 e. The lowest BCUT2D eigenvalue weighted by molar-refractivity contribution is -0.136. The molecule has 2 fully saturated rings. The Bertz CT molecular complexity index is 1600. The molecule has 11 heteroatoms. The van der Waals surface area contributed by atoms with Gasteiger partial charge in [-0.25, -0.2) is 9.18 Å². The Morgan fingerprint density at radius 3 is 2.70 bits per heavy atom. The van der Waals surface area contributed by atoms with Crippen molar-refractivity contribution in [3.05, 3.63) is 98.0 Å². The fourth-order valence-electron chi connectivity index (χ4n) is 6.74. The molecule has 0 radical (unpaired) electrons. The molecule has 2 aliphatic heterocycles. The third-order valence-electron chi connectivity index (χ3n) is 8.35. The molecule has 1 amide bonds. The molecule has 6 rings (SSSR count). The molecule has 1 saturated heterocycles. The van der Waals surface area contributed by atoms with Crippen molar-refractivity contribution in [3.8, 4) is 0 Å². The molecule has 2 aromatic carbocycles.